The van der Waals surface area contributed by atoms with Gasteiger partial charge in [0.1, 0.15) is 5.75 Å². The molecule has 5 heteroatoms. The Morgan fingerprint density at radius 2 is 1.83 bits per heavy atom. The van der Waals surface area contributed by atoms with E-state index in [2.05, 4.69) is 0 Å². The molecular formula is C13H12ClNO2S. The number of nitrogen functional groups attached to an aromatic ring is 1. The Morgan fingerprint density at radius 3 is 2.44 bits per heavy atom. The predicted octanol–water partition coefficient (Wildman–Crippen LogP) is 2.94. The highest BCUT2D eigenvalue weighted by Gasteiger charge is 2.09. The molecule has 0 amide bonds. The molecule has 2 rings (SSSR count). The second-order valence-corrected chi connectivity index (χ2v) is 5.67. The number of benzene rings is 2. The van der Waals surface area contributed by atoms with Gasteiger partial charge in [0.2, 0.25) is 0 Å². The fraction of sp³-hybridized carbons (Fsp3) is 0.0769. The van der Waals surface area contributed by atoms with Gasteiger partial charge in [0.15, 0.2) is 0 Å². The van der Waals surface area contributed by atoms with Crippen LogP contribution in [0.5, 0.6) is 5.75 Å². The Hall–Kier alpha value is -1.52. The number of phenolic OH excluding ortho intramolecular Hbond substituents is 1. The third kappa shape index (κ3) is 3.03. The van der Waals surface area contributed by atoms with E-state index < -0.39 is 10.8 Å². The first-order valence-corrected chi connectivity index (χ1v) is 6.97. The topological polar surface area (TPSA) is 63.3 Å². The van der Waals surface area contributed by atoms with Crippen LogP contribution in [-0.2, 0) is 16.6 Å². The summed E-state index contributed by atoms with van der Waals surface area (Å²) in [7, 11) is -1.23. The molecule has 0 saturated carbocycles. The third-order valence-corrected chi connectivity index (χ3v) is 4.30. The summed E-state index contributed by atoms with van der Waals surface area (Å²) in [6.07, 6.45) is 0. The second kappa shape index (κ2) is 5.42. The number of anilines is 1. The molecule has 2 aromatic rings. The Balaban J connectivity index is 2.19. The third-order valence-electron chi connectivity index (χ3n) is 2.44. The first-order chi connectivity index (χ1) is 8.56. The first-order valence-electron chi connectivity index (χ1n) is 5.27. The minimum Gasteiger partial charge on any atom is -0.508 e. The van der Waals surface area contributed by atoms with Gasteiger partial charge in [-0.05, 0) is 35.9 Å². The molecule has 0 spiro atoms. The van der Waals surface area contributed by atoms with Crippen LogP contribution in [0, 0.1) is 0 Å². The van der Waals surface area contributed by atoms with Gasteiger partial charge in [0.25, 0.3) is 0 Å². The first kappa shape index (κ1) is 12.9. The van der Waals surface area contributed by atoms with Gasteiger partial charge in [-0.3, -0.25) is 4.21 Å². The summed E-state index contributed by atoms with van der Waals surface area (Å²) >= 11 is 6.00. The van der Waals surface area contributed by atoms with Crippen LogP contribution in [0.4, 0.5) is 5.69 Å². The molecule has 94 valence electrons. The fourth-order valence-electron chi connectivity index (χ4n) is 1.52. The number of aromatic hydroxyl groups is 1. The van der Waals surface area contributed by atoms with Crippen molar-refractivity contribution in [1.29, 1.82) is 0 Å². The molecule has 0 aliphatic carbocycles. The summed E-state index contributed by atoms with van der Waals surface area (Å²) in [6, 6.07) is 11.5. The highest BCUT2D eigenvalue weighted by atomic mass is 35.5. The van der Waals surface area contributed by atoms with Crippen LogP contribution < -0.4 is 5.73 Å². The lowest BCUT2D eigenvalue weighted by Crippen LogP contribution is -1.98. The zero-order chi connectivity index (χ0) is 13.1. The highest BCUT2D eigenvalue weighted by Crippen LogP contribution is 2.24. The summed E-state index contributed by atoms with van der Waals surface area (Å²) in [5.41, 5.74) is 7.01. The monoisotopic (exact) mass is 281 g/mol. The number of nitrogens with two attached hydrogens (primary N) is 1. The van der Waals surface area contributed by atoms with Crippen LogP contribution in [0.25, 0.3) is 0 Å². The smallest absolute Gasteiger partial charge is 0.115 e. The summed E-state index contributed by atoms with van der Waals surface area (Å²) in [5, 5.41) is 9.58. The molecule has 0 radical (unpaired) electrons. The van der Waals surface area contributed by atoms with Crippen molar-refractivity contribution in [3.05, 3.63) is 53.1 Å². The molecule has 0 aliphatic rings. The Kier molecular flexibility index (Phi) is 3.89. The maximum atomic E-state index is 12.2. The molecule has 1 unspecified atom stereocenters. The van der Waals surface area contributed by atoms with Crippen LogP contribution in [0.3, 0.4) is 0 Å². The van der Waals surface area contributed by atoms with Crippen LogP contribution >= 0.6 is 11.6 Å². The van der Waals surface area contributed by atoms with E-state index in [9.17, 15) is 9.32 Å². The zero-order valence-corrected chi connectivity index (χ0v) is 11.0. The van der Waals surface area contributed by atoms with Crippen molar-refractivity contribution in [1.82, 2.24) is 0 Å². The Morgan fingerprint density at radius 1 is 1.17 bits per heavy atom. The molecule has 0 fully saturated rings. The second-order valence-electron chi connectivity index (χ2n) is 3.85. The number of halogens is 1. The number of hydrogen-bond donors (Lipinski definition) is 2. The van der Waals surface area contributed by atoms with Gasteiger partial charge >= 0.3 is 0 Å². The molecule has 0 aliphatic heterocycles. The van der Waals surface area contributed by atoms with Gasteiger partial charge in [0.05, 0.1) is 26.5 Å². The van der Waals surface area contributed by atoms with Crippen molar-refractivity contribution >= 4 is 28.1 Å². The van der Waals surface area contributed by atoms with Crippen LogP contribution in [0.15, 0.2) is 47.4 Å². The van der Waals surface area contributed by atoms with Crippen LogP contribution in [0.1, 0.15) is 5.56 Å². The van der Waals surface area contributed by atoms with Crippen LogP contribution in [0.2, 0.25) is 5.02 Å². The summed E-state index contributed by atoms with van der Waals surface area (Å²) in [6.45, 7) is 0. The van der Waals surface area contributed by atoms with E-state index in [1.807, 2.05) is 0 Å². The molecule has 3 nitrogen and oxygen atoms in total. The van der Waals surface area contributed by atoms with Gasteiger partial charge in [-0.2, -0.15) is 0 Å². The van der Waals surface area contributed by atoms with Crippen molar-refractivity contribution < 1.29 is 9.32 Å². The van der Waals surface area contributed by atoms with Gasteiger partial charge < -0.3 is 10.8 Å². The van der Waals surface area contributed by atoms with Crippen molar-refractivity contribution in [2.75, 3.05) is 5.73 Å². The molecule has 18 heavy (non-hydrogen) atoms. The average molecular weight is 282 g/mol. The van der Waals surface area contributed by atoms with E-state index in [4.69, 9.17) is 17.3 Å². The molecule has 0 heterocycles. The van der Waals surface area contributed by atoms with E-state index in [1.165, 1.54) is 0 Å². The van der Waals surface area contributed by atoms with E-state index in [1.54, 1.807) is 42.5 Å². The van der Waals surface area contributed by atoms with Crippen LogP contribution in [-0.4, -0.2) is 9.32 Å². The number of hydrogen-bond acceptors (Lipinski definition) is 3. The van der Waals surface area contributed by atoms with Crippen molar-refractivity contribution in [3.8, 4) is 5.75 Å². The molecule has 0 saturated heterocycles. The van der Waals surface area contributed by atoms with Gasteiger partial charge in [-0.25, -0.2) is 0 Å². The average Bonchev–Trinajstić information content (AvgIpc) is 2.32. The minimum atomic E-state index is -1.23. The van der Waals surface area contributed by atoms with Gasteiger partial charge in [-0.1, -0.05) is 23.7 Å². The Bertz CT molecular complexity index is 584. The lowest BCUT2D eigenvalue weighted by molar-refractivity contribution is 0.475. The fourth-order valence-corrected chi connectivity index (χ4v) is 3.12. The molecule has 0 aromatic heterocycles. The minimum absolute atomic E-state index is 0.190. The van der Waals surface area contributed by atoms with E-state index in [0.29, 0.717) is 21.4 Å². The van der Waals surface area contributed by atoms with Crippen molar-refractivity contribution in [2.24, 2.45) is 0 Å². The van der Waals surface area contributed by atoms with E-state index in [-0.39, 0.29) is 5.75 Å². The zero-order valence-electron chi connectivity index (χ0n) is 9.47. The largest absolute Gasteiger partial charge is 0.508 e. The maximum Gasteiger partial charge on any atom is 0.115 e. The molecule has 0 bridgehead atoms. The SMILES string of the molecule is Nc1ccc(S(=O)Cc2ccc(O)cc2)c(Cl)c1. The maximum absolute atomic E-state index is 12.2. The van der Waals surface area contributed by atoms with E-state index in [0.717, 1.165) is 5.56 Å². The predicted molar refractivity (Wildman–Crippen MR) is 74.1 cm³/mol. The number of phenols is 1. The quantitative estimate of drug-likeness (QED) is 0.850. The highest BCUT2D eigenvalue weighted by molar-refractivity contribution is 7.84. The summed E-state index contributed by atoms with van der Waals surface area (Å²) in [4.78, 5) is 0.568. The Labute approximate surface area is 113 Å². The molecular weight excluding hydrogens is 270 g/mol. The normalized spacial score (nSPS) is 12.3. The summed E-state index contributed by atoms with van der Waals surface area (Å²) < 4.78 is 12.2. The van der Waals surface area contributed by atoms with Crippen molar-refractivity contribution in [2.45, 2.75) is 10.6 Å². The molecule has 3 N–H and O–H groups in total. The lowest BCUT2D eigenvalue weighted by Gasteiger charge is -2.06. The number of rotatable bonds is 3. The van der Waals surface area contributed by atoms with Gasteiger partial charge in [-0.15, -0.1) is 0 Å². The summed E-state index contributed by atoms with van der Waals surface area (Å²) in [5.74, 6) is 0.541. The lowest BCUT2D eigenvalue weighted by atomic mass is 10.2. The van der Waals surface area contributed by atoms with E-state index >= 15 is 0 Å². The molecule has 1 atom stereocenters. The van der Waals surface area contributed by atoms with Crippen molar-refractivity contribution in [3.63, 3.8) is 0 Å². The van der Waals surface area contributed by atoms with Gasteiger partial charge in [0, 0.05) is 5.69 Å². The molecule has 2 aromatic carbocycles. The standard InChI is InChI=1S/C13H12ClNO2S/c14-12-7-10(15)3-6-13(12)18(17)8-9-1-4-11(16)5-2-9/h1-7,16H,8,15H2.